The lowest BCUT2D eigenvalue weighted by Gasteiger charge is -2.22. The molecule has 0 saturated heterocycles. The molecule has 0 radical (unpaired) electrons. The lowest BCUT2D eigenvalue weighted by Crippen LogP contribution is -2.30. The van der Waals surface area contributed by atoms with Crippen LogP contribution in [0.25, 0.3) is 0 Å². The highest BCUT2D eigenvalue weighted by Crippen LogP contribution is 2.35. The highest BCUT2D eigenvalue weighted by atomic mass is 16.5. The Kier molecular flexibility index (Phi) is 7.07. The number of hydrogen-bond acceptors (Lipinski definition) is 3. The van der Waals surface area contributed by atoms with Gasteiger partial charge in [0.15, 0.2) is 0 Å². The predicted octanol–water partition coefficient (Wildman–Crippen LogP) is 5.93. The second-order valence-electron chi connectivity index (χ2n) is 8.17. The van der Waals surface area contributed by atoms with Crippen molar-refractivity contribution >= 4 is 11.7 Å². The number of aryl methyl sites for hydroxylation is 1. The van der Waals surface area contributed by atoms with Crippen LogP contribution in [0, 0.1) is 0 Å². The van der Waals surface area contributed by atoms with Gasteiger partial charge in [-0.2, -0.15) is 0 Å². The molecule has 5 nitrogen and oxygen atoms in total. The van der Waals surface area contributed by atoms with Gasteiger partial charge >= 0.3 is 6.03 Å². The van der Waals surface area contributed by atoms with Crippen LogP contribution in [0.15, 0.2) is 72.9 Å². The minimum Gasteiger partial charge on any atom is -0.437 e. The van der Waals surface area contributed by atoms with Crippen LogP contribution >= 0.6 is 0 Å². The summed E-state index contributed by atoms with van der Waals surface area (Å²) in [7, 11) is 0. The summed E-state index contributed by atoms with van der Waals surface area (Å²) in [6.07, 6.45) is 3.44. The number of rotatable bonds is 7. The highest BCUT2D eigenvalue weighted by molar-refractivity contribution is 5.90. The zero-order chi connectivity index (χ0) is 21.4. The molecule has 0 spiro atoms. The molecule has 156 valence electrons. The van der Waals surface area contributed by atoms with E-state index in [1.165, 1.54) is 5.56 Å². The monoisotopic (exact) mass is 403 g/mol. The number of anilines is 1. The molecule has 0 bridgehead atoms. The van der Waals surface area contributed by atoms with Crippen molar-refractivity contribution in [3.8, 4) is 11.6 Å². The Morgan fingerprint density at radius 2 is 1.70 bits per heavy atom. The molecular formula is C25H29N3O2. The summed E-state index contributed by atoms with van der Waals surface area (Å²) in [6, 6.07) is 21.4. The van der Waals surface area contributed by atoms with Gasteiger partial charge in [-0.3, -0.25) is 0 Å². The number of para-hydroxylation sites is 1. The molecule has 0 aliphatic heterocycles. The van der Waals surface area contributed by atoms with Crippen LogP contribution < -0.4 is 15.4 Å². The van der Waals surface area contributed by atoms with Crippen LogP contribution in [0.1, 0.15) is 38.3 Å². The maximum absolute atomic E-state index is 12.3. The van der Waals surface area contributed by atoms with Crippen molar-refractivity contribution < 1.29 is 9.53 Å². The number of pyridine rings is 1. The number of hydrogen-bond donors (Lipinski definition) is 2. The SMILES string of the molecule is CC(C)(C)c1ccccc1Oc1ncccc1NC(=O)NCCCc1ccccc1. The summed E-state index contributed by atoms with van der Waals surface area (Å²) in [5, 5.41) is 5.74. The number of amides is 2. The zero-order valence-corrected chi connectivity index (χ0v) is 17.8. The minimum atomic E-state index is -0.273. The molecule has 5 heteroatoms. The fourth-order valence-corrected chi connectivity index (χ4v) is 3.15. The van der Waals surface area contributed by atoms with Gasteiger partial charge in [0, 0.05) is 18.3 Å². The average Bonchev–Trinajstić information content (AvgIpc) is 2.73. The molecule has 3 aromatic rings. The van der Waals surface area contributed by atoms with Crippen molar-refractivity contribution in [3.63, 3.8) is 0 Å². The van der Waals surface area contributed by atoms with Crippen LogP contribution in [0.2, 0.25) is 0 Å². The first-order valence-electron chi connectivity index (χ1n) is 10.2. The standard InChI is InChI=1S/C25H29N3O2/c1-25(2,3)20-14-7-8-16-22(20)30-23-21(15-10-17-26-23)28-24(29)27-18-9-13-19-11-5-4-6-12-19/h4-8,10-12,14-17H,9,13,18H2,1-3H3,(H2,27,28,29). The number of nitrogens with zero attached hydrogens (tertiary/aromatic N) is 1. The first-order valence-corrected chi connectivity index (χ1v) is 10.2. The lowest BCUT2D eigenvalue weighted by molar-refractivity contribution is 0.252. The molecule has 30 heavy (non-hydrogen) atoms. The van der Waals surface area contributed by atoms with Crippen molar-refractivity contribution in [1.29, 1.82) is 0 Å². The summed E-state index contributed by atoms with van der Waals surface area (Å²) in [6.45, 7) is 6.99. The lowest BCUT2D eigenvalue weighted by atomic mass is 9.86. The Balaban J connectivity index is 1.60. The third-order valence-corrected chi connectivity index (χ3v) is 4.69. The zero-order valence-electron chi connectivity index (χ0n) is 17.8. The van der Waals surface area contributed by atoms with Crippen molar-refractivity contribution in [1.82, 2.24) is 10.3 Å². The van der Waals surface area contributed by atoms with Gasteiger partial charge in [0.05, 0.1) is 0 Å². The highest BCUT2D eigenvalue weighted by Gasteiger charge is 2.20. The molecule has 3 rings (SSSR count). The minimum absolute atomic E-state index is 0.0743. The largest absolute Gasteiger partial charge is 0.437 e. The molecule has 1 heterocycles. The van der Waals surface area contributed by atoms with E-state index in [1.807, 2.05) is 42.5 Å². The number of aromatic nitrogens is 1. The van der Waals surface area contributed by atoms with E-state index in [9.17, 15) is 4.79 Å². The van der Waals surface area contributed by atoms with E-state index < -0.39 is 0 Å². The number of urea groups is 1. The van der Waals surface area contributed by atoms with Crippen molar-refractivity contribution in [2.24, 2.45) is 0 Å². The Bertz CT molecular complexity index is 965. The molecule has 0 unspecified atom stereocenters. The van der Waals surface area contributed by atoms with Crippen molar-refractivity contribution in [3.05, 3.63) is 84.1 Å². The second-order valence-corrected chi connectivity index (χ2v) is 8.17. The Morgan fingerprint density at radius 3 is 2.47 bits per heavy atom. The number of carbonyl (C=O) groups excluding carboxylic acids is 1. The predicted molar refractivity (Wildman–Crippen MR) is 121 cm³/mol. The number of carbonyl (C=O) groups is 1. The van der Waals surface area contributed by atoms with Crippen LogP contribution in [0.3, 0.4) is 0 Å². The van der Waals surface area contributed by atoms with E-state index in [0.29, 0.717) is 18.1 Å². The van der Waals surface area contributed by atoms with Crippen LogP contribution in [0.4, 0.5) is 10.5 Å². The fraction of sp³-hybridized carbons (Fsp3) is 0.280. The van der Waals surface area contributed by atoms with E-state index in [1.54, 1.807) is 18.3 Å². The van der Waals surface area contributed by atoms with E-state index in [2.05, 4.69) is 48.5 Å². The van der Waals surface area contributed by atoms with Crippen LogP contribution in [0.5, 0.6) is 11.6 Å². The molecule has 0 aliphatic carbocycles. The maximum Gasteiger partial charge on any atom is 0.319 e. The normalized spacial score (nSPS) is 11.0. The van der Waals surface area contributed by atoms with Gasteiger partial charge in [-0.05, 0) is 42.0 Å². The van der Waals surface area contributed by atoms with Crippen LogP contribution in [-0.4, -0.2) is 17.6 Å². The summed E-state index contributed by atoms with van der Waals surface area (Å²) in [5.41, 5.74) is 2.80. The first-order chi connectivity index (χ1) is 14.4. The molecular weight excluding hydrogens is 374 g/mol. The quantitative estimate of drug-likeness (QED) is 0.481. The summed E-state index contributed by atoms with van der Waals surface area (Å²) < 4.78 is 6.10. The van der Waals surface area contributed by atoms with E-state index in [0.717, 1.165) is 24.2 Å². The maximum atomic E-state index is 12.3. The van der Waals surface area contributed by atoms with Gasteiger partial charge in [-0.1, -0.05) is 69.3 Å². The Labute approximate surface area is 178 Å². The second kappa shape index (κ2) is 9.92. The summed E-state index contributed by atoms with van der Waals surface area (Å²) in [4.78, 5) is 16.7. The summed E-state index contributed by atoms with van der Waals surface area (Å²) in [5.74, 6) is 1.10. The van der Waals surface area contributed by atoms with E-state index >= 15 is 0 Å². The van der Waals surface area contributed by atoms with Gasteiger partial charge in [0.2, 0.25) is 5.88 Å². The molecule has 2 amide bonds. The first kappa shape index (κ1) is 21.4. The molecule has 0 aliphatic rings. The van der Waals surface area contributed by atoms with Crippen molar-refractivity contribution in [2.75, 3.05) is 11.9 Å². The molecule has 1 aromatic heterocycles. The summed E-state index contributed by atoms with van der Waals surface area (Å²) >= 11 is 0. The number of ether oxygens (including phenoxy) is 1. The topological polar surface area (TPSA) is 63.2 Å². The smallest absolute Gasteiger partial charge is 0.319 e. The third kappa shape index (κ3) is 6.08. The van der Waals surface area contributed by atoms with Gasteiger partial charge < -0.3 is 15.4 Å². The van der Waals surface area contributed by atoms with E-state index in [4.69, 9.17) is 4.74 Å². The fourth-order valence-electron chi connectivity index (χ4n) is 3.15. The molecule has 0 saturated carbocycles. The van der Waals surface area contributed by atoms with Gasteiger partial charge in [-0.15, -0.1) is 0 Å². The molecule has 0 atom stereocenters. The molecule has 2 aromatic carbocycles. The van der Waals surface area contributed by atoms with Gasteiger partial charge in [-0.25, -0.2) is 9.78 Å². The molecule has 0 fully saturated rings. The third-order valence-electron chi connectivity index (χ3n) is 4.69. The Morgan fingerprint density at radius 1 is 0.967 bits per heavy atom. The number of benzene rings is 2. The Hall–Kier alpha value is -3.34. The molecule has 2 N–H and O–H groups in total. The average molecular weight is 404 g/mol. The number of nitrogens with one attached hydrogen (secondary N) is 2. The van der Waals surface area contributed by atoms with Gasteiger partial charge in [0.1, 0.15) is 11.4 Å². The van der Waals surface area contributed by atoms with Crippen molar-refractivity contribution in [2.45, 2.75) is 39.0 Å². The van der Waals surface area contributed by atoms with Gasteiger partial charge in [0.25, 0.3) is 0 Å². The van der Waals surface area contributed by atoms with E-state index in [-0.39, 0.29) is 11.4 Å². The van der Waals surface area contributed by atoms with Crippen LogP contribution in [-0.2, 0) is 11.8 Å².